The average molecular weight is 269 g/mol. The molecule has 1 amide bonds. The van der Waals surface area contributed by atoms with Gasteiger partial charge in [-0.15, -0.1) is 0 Å². The Morgan fingerprint density at radius 3 is 2.44 bits per heavy atom. The Morgan fingerprint density at radius 2 is 1.94 bits per heavy atom. The Bertz CT molecular complexity index is 376. The summed E-state index contributed by atoms with van der Waals surface area (Å²) >= 11 is 1.79. The number of aliphatic carboxylic acids is 1. The van der Waals surface area contributed by atoms with E-state index in [1.807, 2.05) is 12.2 Å². The maximum atomic E-state index is 12.1. The van der Waals surface area contributed by atoms with Crippen LogP contribution < -0.4 is 5.32 Å². The zero-order valence-corrected chi connectivity index (χ0v) is 11.3. The minimum Gasteiger partial charge on any atom is -0.481 e. The molecular formula is C13H19NO3S. The second kappa shape index (κ2) is 5.34. The molecule has 2 atom stereocenters. The summed E-state index contributed by atoms with van der Waals surface area (Å²) in [6.07, 6.45) is 9.10. The molecule has 0 aromatic carbocycles. The highest BCUT2D eigenvalue weighted by Gasteiger charge is 2.43. The molecule has 0 bridgehead atoms. The number of carboxylic acids is 1. The number of allylic oxidation sites excluding steroid dienone is 2. The Labute approximate surface area is 111 Å². The summed E-state index contributed by atoms with van der Waals surface area (Å²) in [5, 5.41) is 12.1. The van der Waals surface area contributed by atoms with Gasteiger partial charge in [-0.3, -0.25) is 9.59 Å². The molecular weight excluding hydrogens is 250 g/mol. The molecule has 0 unspecified atom stereocenters. The number of amides is 1. The van der Waals surface area contributed by atoms with Gasteiger partial charge in [0.25, 0.3) is 0 Å². The van der Waals surface area contributed by atoms with Gasteiger partial charge in [0.1, 0.15) is 0 Å². The number of carboxylic acid groups (broad SMARTS) is 1. The zero-order valence-electron chi connectivity index (χ0n) is 10.5. The van der Waals surface area contributed by atoms with Crippen LogP contribution in [-0.4, -0.2) is 34.5 Å². The predicted molar refractivity (Wildman–Crippen MR) is 71.5 cm³/mol. The molecule has 100 valence electrons. The van der Waals surface area contributed by atoms with E-state index >= 15 is 0 Å². The van der Waals surface area contributed by atoms with Gasteiger partial charge in [0.15, 0.2) is 0 Å². The lowest BCUT2D eigenvalue weighted by Crippen LogP contribution is -2.41. The summed E-state index contributed by atoms with van der Waals surface area (Å²) in [5.41, 5.74) is 0. The summed E-state index contributed by atoms with van der Waals surface area (Å²) in [6.45, 7) is 0.666. The van der Waals surface area contributed by atoms with Crippen LogP contribution in [-0.2, 0) is 9.59 Å². The van der Waals surface area contributed by atoms with Crippen molar-refractivity contribution in [3.05, 3.63) is 12.2 Å². The van der Waals surface area contributed by atoms with Crippen molar-refractivity contribution in [3.8, 4) is 0 Å². The van der Waals surface area contributed by atoms with Gasteiger partial charge in [0.05, 0.1) is 11.8 Å². The third-order valence-corrected chi connectivity index (χ3v) is 5.33. The minimum absolute atomic E-state index is 0.105. The lowest BCUT2D eigenvalue weighted by molar-refractivity contribution is -0.147. The monoisotopic (exact) mass is 269 g/mol. The van der Waals surface area contributed by atoms with E-state index in [-0.39, 0.29) is 10.7 Å². The average Bonchev–Trinajstić information content (AvgIpc) is 3.16. The van der Waals surface area contributed by atoms with Crippen LogP contribution in [0.4, 0.5) is 0 Å². The highest BCUT2D eigenvalue weighted by Crippen LogP contribution is 2.46. The van der Waals surface area contributed by atoms with Gasteiger partial charge < -0.3 is 10.4 Å². The van der Waals surface area contributed by atoms with E-state index in [4.69, 9.17) is 5.11 Å². The number of carbonyl (C=O) groups excluding carboxylic acids is 1. The molecule has 18 heavy (non-hydrogen) atoms. The van der Waals surface area contributed by atoms with Crippen molar-refractivity contribution in [1.29, 1.82) is 0 Å². The van der Waals surface area contributed by atoms with E-state index in [1.54, 1.807) is 11.8 Å². The molecule has 0 radical (unpaired) electrons. The van der Waals surface area contributed by atoms with Gasteiger partial charge in [-0.05, 0) is 31.9 Å². The normalized spacial score (nSPS) is 28.7. The van der Waals surface area contributed by atoms with Crippen LogP contribution in [0.2, 0.25) is 0 Å². The number of hydrogen-bond acceptors (Lipinski definition) is 3. The molecule has 0 heterocycles. The lowest BCUT2D eigenvalue weighted by atomic mass is 9.82. The molecule has 2 N–H and O–H groups in total. The van der Waals surface area contributed by atoms with Crippen molar-refractivity contribution in [2.75, 3.05) is 12.8 Å². The summed E-state index contributed by atoms with van der Waals surface area (Å²) < 4.78 is 0.221. The van der Waals surface area contributed by atoms with E-state index in [9.17, 15) is 9.59 Å². The number of thioether (sulfide) groups is 1. The topological polar surface area (TPSA) is 66.4 Å². The molecule has 1 saturated carbocycles. The van der Waals surface area contributed by atoms with Gasteiger partial charge in [-0.1, -0.05) is 12.2 Å². The fourth-order valence-corrected chi connectivity index (χ4v) is 3.08. The molecule has 4 nitrogen and oxygen atoms in total. The SMILES string of the molecule is CSC1(CNC(=O)[C@@H]2CC=CC[C@@H]2C(=O)O)CC1. The second-order valence-electron chi connectivity index (χ2n) is 5.10. The molecule has 5 heteroatoms. The number of hydrogen-bond donors (Lipinski definition) is 2. The molecule has 0 aromatic rings. The van der Waals surface area contributed by atoms with Crippen LogP contribution >= 0.6 is 11.8 Å². The molecule has 1 fully saturated rings. The first kappa shape index (κ1) is 13.5. The molecule has 0 spiro atoms. The third kappa shape index (κ3) is 2.88. The molecule has 2 rings (SSSR count). The summed E-state index contributed by atoms with van der Waals surface area (Å²) in [5.74, 6) is -1.96. The summed E-state index contributed by atoms with van der Waals surface area (Å²) in [7, 11) is 0. The first-order valence-electron chi connectivity index (χ1n) is 6.29. The maximum absolute atomic E-state index is 12.1. The van der Waals surface area contributed by atoms with Crippen LogP contribution in [0, 0.1) is 11.8 Å². The van der Waals surface area contributed by atoms with Crippen LogP contribution in [0.5, 0.6) is 0 Å². The van der Waals surface area contributed by atoms with Gasteiger partial charge in [0, 0.05) is 11.3 Å². The van der Waals surface area contributed by atoms with Crippen LogP contribution in [0.15, 0.2) is 12.2 Å². The molecule has 2 aliphatic rings. The maximum Gasteiger partial charge on any atom is 0.307 e. The first-order chi connectivity index (χ1) is 8.58. The van der Waals surface area contributed by atoms with E-state index in [0.717, 1.165) is 12.8 Å². The Balaban J connectivity index is 1.91. The minimum atomic E-state index is -0.870. The lowest BCUT2D eigenvalue weighted by Gasteiger charge is -2.25. The van der Waals surface area contributed by atoms with Gasteiger partial charge in [-0.25, -0.2) is 0 Å². The van der Waals surface area contributed by atoms with E-state index < -0.39 is 17.8 Å². The van der Waals surface area contributed by atoms with Crippen molar-refractivity contribution in [2.24, 2.45) is 11.8 Å². The fourth-order valence-electron chi connectivity index (χ4n) is 2.35. The predicted octanol–water partition coefficient (Wildman–Crippen LogP) is 1.67. The van der Waals surface area contributed by atoms with Crippen LogP contribution in [0.3, 0.4) is 0 Å². The number of rotatable bonds is 5. The smallest absolute Gasteiger partial charge is 0.307 e. The molecule has 0 aromatic heterocycles. The molecule has 0 aliphatic heterocycles. The van der Waals surface area contributed by atoms with Crippen LogP contribution in [0.25, 0.3) is 0 Å². The van der Waals surface area contributed by atoms with Crippen molar-refractivity contribution in [1.82, 2.24) is 5.32 Å². The standard InChI is InChI=1S/C13H19NO3S/c1-18-13(6-7-13)8-14-11(15)9-4-2-3-5-10(9)12(16)17/h2-3,9-10H,4-8H2,1H3,(H,14,15)(H,16,17)/t9-,10+/m1/s1. The second-order valence-corrected chi connectivity index (χ2v) is 6.37. The van der Waals surface area contributed by atoms with Crippen LogP contribution in [0.1, 0.15) is 25.7 Å². The van der Waals surface area contributed by atoms with Crippen molar-refractivity contribution in [2.45, 2.75) is 30.4 Å². The highest BCUT2D eigenvalue weighted by molar-refractivity contribution is 8.00. The van der Waals surface area contributed by atoms with Crippen molar-refractivity contribution < 1.29 is 14.7 Å². The van der Waals surface area contributed by atoms with E-state index in [2.05, 4.69) is 11.6 Å². The highest BCUT2D eigenvalue weighted by atomic mass is 32.2. The number of nitrogens with one attached hydrogen (secondary N) is 1. The Morgan fingerprint density at radius 1 is 1.33 bits per heavy atom. The quantitative estimate of drug-likeness (QED) is 0.745. The Kier molecular flexibility index (Phi) is 4.00. The number of carbonyl (C=O) groups is 2. The first-order valence-corrected chi connectivity index (χ1v) is 7.51. The van der Waals surface area contributed by atoms with E-state index in [0.29, 0.717) is 19.4 Å². The summed E-state index contributed by atoms with van der Waals surface area (Å²) in [6, 6.07) is 0. The third-order valence-electron chi connectivity index (χ3n) is 3.91. The molecule has 2 aliphatic carbocycles. The van der Waals surface area contributed by atoms with Crippen molar-refractivity contribution >= 4 is 23.6 Å². The fraction of sp³-hybridized carbons (Fsp3) is 0.692. The Hall–Kier alpha value is -0.970. The summed E-state index contributed by atoms with van der Waals surface area (Å²) in [4.78, 5) is 23.2. The largest absolute Gasteiger partial charge is 0.481 e. The van der Waals surface area contributed by atoms with Crippen molar-refractivity contribution in [3.63, 3.8) is 0 Å². The van der Waals surface area contributed by atoms with E-state index in [1.165, 1.54) is 0 Å². The van der Waals surface area contributed by atoms with Gasteiger partial charge in [0.2, 0.25) is 5.91 Å². The van der Waals surface area contributed by atoms with Gasteiger partial charge in [-0.2, -0.15) is 11.8 Å². The molecule has 0 saturated heterocycles. The zero-order chi connectivity index (χ0) is 13.2. The van der Waals surface area contributed by atoms with Gasteiger partial charge >= 0.3 is 5.97 Å².